The van der Waals surface area contributed by atoms with Gasteiger partial charge in [0.2, 0.25) is 0 Å². The normalized spacial score (nSPS) is 12.5. The van der Waals surface area contributed by atoms with Gasteiger partial charge < -0.3 is 25.1 Å². The van der Waals surface area contributed by atoms with Crippen LogP contribution in [0.4, 0.5) is 0 Å². The van der Waals surface area contributed by atoms with Crippen molar-refractivity contribution < 1.29 is 19.3 Å². The van der Waals surface area contributed by atoms with Gasteiger partial charge in [-0.05, 0) is 19.9 Å². The van der Waals surface area contributed by atoms with Crippen molar-refractivity contribution in [3.63, 3.8) is 0 Å². The standard InChI is InChI=1S/C14H23NO4/c1-10(2)18-8-12(16)9-19-14-6-13(17-3)5-4-11(14)7-15/h4-6,10,12,16H,7-9,15H2,1-3H3. The van der Waals surface area contributed by atoms with Crippen LogP contribution in [0.1, 0.15) is 19.4 Å². The van der Waals surface area contributed by atoms with Gasteiger partial charge in [0.05, 0.1) is 19.8 Å². The fourth-order valence-corrected chi connectivity index (χ4v) is 1.50. The average molecular weight is 269 g/mol. The van der Waals surface area contributed by atoms with Gasteiger partial charge in [0, 0.05) is 18.2 Å². The van der Waals surface area contributed by atoms with Crippen molar-refractivity contribution in [2.24, 2.45) is 5.73 Å². The van der Waals surface area contributed by atoms with Crippen molar-refractivity contribution in [3.05, 3.63) is 23.8 Å². The van der Waals surface area contributed by atoms with Crippen LogP contribution in [0.2, 0.25) is 0 Å². The summed E-state index contributed by atoms with van der Waals surface area (Å²) < 4.78 is 16.0. The van der Waals surface area contributed by atoms with Crippen molar-refractivity contribution in [2.45, 2.75) is 32.6 Å². The summed E-state index contributed by atoms with van der Waals surface area (Å²) in [7, 11) is 1.59. The summed E-state index contributed by atoms with van der Waals surface area (Å²) in [5, 5.41) is 9.74. The molecule has 0 aliphatic heterocycles. The van der Waals surface area contributed by atoms with Crippen molar-refractivity contribution in [3.8, 4) is 11.5 Å². The van der Waals surface area contributed by atoms with Gasteiger partial charge >= 0.3 is 0 Å². The summed E-state index contributed by atoms with van der Waals surface area (Å²) in [6.07, 6.45) is -0.578. The summed E-state index contributed by atoms with van der Waals surface area (Å²) in [5.74, 6) is 1.32. The van der Waals surface area contributed by atoms with E-state index in [0.29, 0.717) is 18.0 Å². The van der Waals surface area contributed by atoms with Crippen LogP contribution in [0.5, 0.6) is 11.5 Å². The van der Waals surface area contributed by atoms with Gasteiger partial charge in [-0.25, -0.2) is 0 Å². The predicted molar refractivity (Wildman–Crippen MR) is 73.5 cm³/mol. The highest BCUT2D eigenvalue weighted by Gasteiger charge is 2.10. The van der Waals surface area contributed by atoms with E-state index in [1.165, 1.54) is 0 Å². The van der Waals surface area contributed by atoms with Gasteiger partial charge in [-0.1, -0.05) is 6.07 Å². The van der Waals surface area contributed by atoms with E-state index in [2.05, 4.69) is 0 Å². The average Bonchev–Trinajstić information content (AvgIpc) is 2.42. The van der Waals surface area contributed by atoms with E-state index in [0.717, 1.165) is 5.56 Å². The molecule has 0 spiro atoms. The highest BCUT2D eigenvalue weighted by molar-refractivity contribution is 5.40. The van der Waals surface area contributed by atoms with E-state index in [1.54, 1.807) is 13.2 Å². The molecule has 0 bridgehead atoms. The van der Waals surface area contributed by atoms with E-state index in [-0.39, 0.29) is 19.3 Å². The quantitative estimate of drug-likeness (QED) is 0.744. The van der Waals surface area contributed by atoms with Crippen LogP contribution in [0.3, 0.4) is 0 Å². The molecule has 5 heteroatoms. The molecule has 0 radical (unpaired) electrons. The van der Waals surface area contributed by atoms with Gasteiger partial charge in [-0.3, -0.25) is 0 Å². The number of nitrogens with two attached hydrogens (primary N) is 1. The van der Waals surface area contributed by atoms with Gasteiger partial charge in [-0.15, -0.1) is 0 Å². The van der Waals surface area contributed by atoms with Crippen LogP contribution >= 0.6 is 0 Å². The van der Waals surface area contributed by atoms with Crippen LogP contribution in [0.25, 0.3) is 0 Å². The Labute approximate surface area is 114 Å². The minimum atomic E-state index is -0.667. The molecule has 5 nitrogen and oxygen atoms in total. The van der Waals surface area contributed by atoms with Crippen LogP contribution in [0, 0.1) is 0 Å². The number of aliphatic hydroxyl groups is 1. The lowest BCUT2D eigenvalue weighted by atomic mass is 10.2. The molecule has 1 rings (SSSR count). The SMILES string of the molecule is COc1ccc(CN)c(OCC(O)COC(C)C)c1. The lowest BCUT2D eigenvalue weighted by Crippen LogP contribution is -2.25. The summed E-state index contributed by atoms with van der Waals surface area (Å²) in [5.41, 5.74) is 6.51. The molecule has 108 valence electrons. The smallest absolute Gasteiger partial charge is 0.127 e. The molecule has 0 fully saturated rings. The van der Waals surface area contributed by atoms with Crippen molar-refractivity contribution in [1.82, 2.24) is 0 Å². The zero-order valence-corrected chi connectivity index (χ0v) is 11.8. The maximum Gasteiger partial charge on any atom is 0.127 e. The second-order valence-corrected chi connectivity index (χ2v) is 4.52. The molecule has 0 aliphatic rings. The largest absolute Gasteiger partial charge is 0.497 e. The number of benzene rings is 1. The molecular weight excluding hydrogens is 246 g/mol. The number of hydrogen-bond donors (Lipinski definition) is 2. The van der Waals surface area contributed by atoms with E-state index < -0.39 is 6.10 Å². The molecule has 0 aliphatic carbocycles. The topological polar surface area (TPSA) is 73.9 Å². The first kappa shape index (κ1) is 15.8. The Morgan fingerprint density at radius 1 is 1.26 bits per heavy atom. The van der Waals surface area contributed by atoms with Crippen molar-refractivity contribution >= 4 is 0 Å². The van der Waals surface area contributed by atoms with Gasteiger partial charge in [0.15, 0.2) is 0 Å². The lowest BCUT2D eigenvalue weighted by molar-refractivity contribution is -0.0124. The van der Waals surface area contributed by atoms with E-state index in [1.807, 2.05) is 26.0 Å². The molecule has 0 heterocycles. The first-order valence-corrected chi connectivity index (χ1v) is 6.36. The number of aliphatic hydroxyl groups excluding tert-OH is 1. The first-order chi connectivity index (χ1) is 9.06. The Kier molecular flexibility index (Phi) is 6.62. The highest BCUT2D eigenvalue weighted by atomic mass is 16.5. The third-order valence-corrected chi connectivity index (χ3v) is 2.55. The van der Waals surface area contributed by atoms with Crippen molar-refractivity contribution in [1.29, 1.82) is 0 Å². The fraction of sp³-hybridized carbons (Fsp3) is 0.571. The highest BCUT2D eigenvalue weighted by Crippen LogP contribution is 2.24. The van der Waals surface area contributed by atoms with Crippen LogP contribution < -0.4 is 15.2 Å². The second-order valence-electron chi connectivity index (χ2n) is 4.52. The molecule has 1 aromatic carbocycles. The molecule has 3 N–H and O–H groups in total. The van der Waals surface area contributed by atoms with Gasteiger partial charge in [-0.2, -0.15) is 0 Å². The summed E-state index contributed by atoms with van der Waals surface area (Å²) in [6, 6.07) is 5.44. The Morgan fingerprint density at radius 3 is 2.58 bits per heavy atom. The summed E-state index contributed by atoms with van der Waals surface area (Å²) >= 11 is 0. The molecule has 0 saturated carbocycles. The summed E-state index contributed by atoms with van der Waals surface area (Å²) in [4.78, 5) is 0. The lowest BCUT2D eigenvalue weighted by Gasteiger charge is -2.16. The minimum absolute atomic E-state index is 0.0890. The second kappa shape index (κ2) is 7.99. The zero-order chi connectivity index (χ0) is 14.3. The minimum Gasteiger partial charge on any atom is -0.497 e. The van der Waals surface area contributed by atoms with Gasteiger partial charge in [0.25, 0.3) is 0 Å². The maximum absolute atomic E-state index is 9.74. The Balaban J connectivity index is 2.55. The van der Waals surface area contributed by atoms with Crippen LogP contribution in [-0.4, -0.2) is 37.6 Å². The fourth-order valence-electron chi connectivity index (χ4n) is 1.50. The van der Waals surface area contributed by atoms with Crippen LogP contribution in [-0.2, 0) is 11.3 Å². The number of hydrogen-bond acceptors (Lipinski definition) is 5. The van der Waals surface area contributed by atoms with Crippen molar-refractivity contribution in [2.75, 3.05) is 20.3 Å². The molecular formula is C14H23NO4. The molecule has 0 saturated heterocycles. The zero-order valence-electron chi connectivity index (χ0n) is 11.8. The maximum atomic E-state index is 9.74. The molecule has 19 heavy (non-hydrogen) atoms. The molecule has 0 aromatic heterocycles. The molecule has 1 atom stereocenters. The van der Waals surface area contributed by atoms with Gasteiger partial charge in [0.1, 0.15) is 24.2 Å². The molecule has 1 unspecified atom stereocenters. The van der Waals surface area contributed by atoms with E-state index >= 15 is 0 Å². The Hall–Kier alpha value is -1.30. The van der Waals surface area contributed by atoms with E-state index in [4.69, 9.17) is 19.9 Å². The Morgan fingerprint density at radius 2 is 2.00 bits per heavy atom. The van der Waals surface area contributed by atoms with Crippen LogP contribution in [0.15, 0.2) is 18.2 Å². The number of methoxy groups -OCH3 is 1. The van der Waals surface area contributed by atoms with E-state index in [9.17, 15) is 5.11 Å². The monoisotopic (exact) mass is 269 g/mol. The number of rotatable bonds is 8. The molecule has 1 aromatic rings. The third kappa shape index (κ3) is 5.46. The Bertz CT molecular complexity index is 382. The molecule has 0 amide bonds. The number of ether oxygens (including phenoxy) is 3. The third-order valence-electron chi connectivity index (χ3n) is 2.55. The summed E-state index contributed by atoms with van der Waals surface area (Å²) in [6.45, 7) is 4.62. The first-order valence-electron chi connectivity index (χ1n) is 6.36. The predicted octanol–water partition coefficient (Wildman–Crippen LogP) is 1.32.